The smallest absolute Gasteiger partial charge is 0.127 e. The summed E-state index contributed by atoms with van der Waals surface area (Å²) in [6.07, 6.45) is 6.37. The van der Waals surface area contributed by atoms with Crippen LogP contribution < -0.4 is 5.32 Å². The van der Waals surface area contributed by atoms with Crippen LogP contribution in [0.3, 0.4) is 0 Å². The summed E-state index contributed by atoms with van der Waals surface area (Å²) >= 11 is 0. The SMILES string of the molecule is C=C/C=C(\NC)c1cc(F)cc(CCCCc2ccc(C#N)cc2F)c1. The van der Waals surface area contributed by atoms with Crippen molar-refractivity contribution >= 4 is 5.70 Å². The normalized spacial score (nSPS) is 11.1. The average molecular weight is 352 g/mol. The second kappa shape index (κ2) is 9.53. The molecular weight excluding hydrogens is 330 g/mol. The lowest BCUT2D eigenvalue weighted by atomic mass is 10.00. The van der Waals surface area contributed by atoms with E-state index in [0.29, 0.717) is 24.0 Å². The van der Waals surface area contributed by atoms with Gasteiger partial charge in [-0.2, -0.15) is 5.26 Å². The van der Waals surface area contributed by atoms with Gasteiger partial charge in [0, 0.05) is 18.3 Å². The van der Waals surface area contributed by atoms with Crippen LogP contribution in [-0.2, 0) is 12.8 Å². The highest BCUT2D eigenvalue weighted by molar-refractivity contribution is 5.65. The molecule has 0 saturated heterocycles. The van der Waals surface area contributed by atoms with Crippen molar-refractivity contribution in [2.45, 2.75) is 25.7 Å². The maximum atomic E-state index is 13.9. The van der Waals surface area contributed by atoms with Crippen molar-refractivity contribution < 1.29 is 8.78 Å². The van der Waals surface area contributed by atoms with Gasteiger partial charge in [-0.3, -0.25) is 0 Å². The van der Waals surface area contributed by atoms with E-state index in [1.54, 1.807) is 31.3 Å². The number of nitrogens with one attached hydrogen (secondary N) is 1. The number of unbranched alkanes of at least 4 members (excludes halogenated alkanes) is 1. The standard InChI is InChI=1S/C22H22F2N2/c1-3-6-22(26-2)19-11-16(12-20(23)14-19)7-4-5-8-18-10-9-17(15-25)13-21(18)24/h3,6,9-14,26H,1,4-5,7-8H2,2H3/b22-6-. The third-order valence-corrected chi connectivity index (χ3v) is 4.17. The number of hydrogen-bond donors (Lipinski definition) is 1. The summed E-state index contributed by atoms with van der Waals surface area (Å²) in [6, 6.07) is 11.5. The third-order valence-electron chi connectivity index (χ3n) is 4.17. The Hall–Kier alpha value is -2.93. The molecule has 0 heterocycles. The fourth-order valence-corrected chi connectivity index (χ4v) is 2.86. The molecule has 0 atom stereocenters. The Bertz CT molecular complexity index is 848. The minimum absolute atomic E-state index is 0.277. The highest BCUT2D eigenvalue weighted by Gasteiger charge is 2.06. The second-order valence-electron chi connectivity index (χ2n) is 6.04. The van der Waals surface area contributed by atoms with Crippen LogP contribution in [0.1, 0.15) is 35.1 Å². The largest absolute Gasteiger partial charge is 0.388 e. The summed E-state index contributed by atoms with van der Waals surface area (Å²) in [7, 11) is 1.78. The topological polar surface area (TPSA) is 35.8 Å². The molecule has 0 spiro atoms. The van der Waals surface area contributed by atoms with Crippen molar-refractivity contribution in [3.63, 3.8) is 0 Å². The van der Waals surface area contributed by atoms with E-state index in [4.69, 9.17) is 5.26 Å². The first-order valence-electron chi connectivity index (χ1n) is 8.56. The van der Waals surface area contributed by atoms with Crippen LogP contribution in [0.4, 0.5) is 8.78 Å². The first kappa shape index (κ1) is 19.4. The van der Waals surface area contributed by atoms with Crippen molar-refractivity contribution in [2.75, 3.05) is 7.05 Å². The van der Waals surface area contributed by atoms with Gasteiger partial charge in [-0.1, -0.05) is 18.7 Å². The van der Waals surface area contributed by atoms with Crippen LogP contribution in [0.2, 0.25) is 0 Å². The Morgan fingerprint density at radius 3 is 2.58 bits per heavy atom. The number of allylic oxidation sites excluding steroid dienone is 2. The molecular formula is C22H22F2N2. The predicted octanol–water partition coefficient (Wildman–Crippen LogP) is 5.15. The number of hydrogen-bond acceptors (Lipinski definition) is 2. The molecule has 134 valence electrons. The maximum absolute atomic E-state index is 13.9. The summed E-state index contributed by atoms with van der Waals surface area (Å²) in [5.41, 5.74) is 3.42. The van der Waals surface area contributed by atoms with Gasteiger partial charge in [0.15, 0.2) is 0 Å². The lowest BCUT2D eigenvalue weighted by Crippen LogP contribution is -2.05. The maximum Gasteiger partial charge on any atom is 0.127 e. The Morgan fingerprint density at radius 2 is 1.92 bits per heavy atom. The number of nitriles is 1. The molecule has 2 aromatic carbocycles. The third kappa shape index (κ3) is 5.29. The van der Waals surface area contributed by atoms with Crippen LogP contribution in [0.15, 0.2) is 55.1 Å². The summed E-state index contributed by atoms with van der Waals surface area (Å²) in [5.74, 6) is -0.619. The van der Waals surface area contributed by atoms with Gasteiger partial charge in [0.05, 0.1) is 11.6 Å². The van der Waals surface area contributed by atoms with E-state index in [1.807, 2.05) is 12.1 Å². The van der Waals surface area contributed by atoms with Crippen molar-refractivity contribution in [1.29, 1.82) is 5.26 Å². The summed E-state index contributed by atoms with van der Waals surface area (Å²) in [4.78, 5) is 0. The summed E-state index contributed by atoms with van der Waals surface area (Å²) in [6.45, 7) is 3.67. The zero-order valence-electron chi connectivity index (χ0n) is 14.9. The van der Waals surface area contributed by atoms with Crippen molar-refractivity contribution in [1.82, 2.24) is 5.32 Å². The highest BCUT2D eigenvalue weighted by atomic mass is 19.1. The van der Waals surface area contributed by atoms with Gasteiger partial charge in [0.1, 0.15) is 11.6 Å². The molecule has 0 aromatic heterocycles. The van der Waals surface area contributed by atoms with E-state index in [1.165, 1.54) is 18.2 Å². The van der Waals surface area contributed by atoms with Crippen LogP contribution in [0, 0.1) is 23.0 Å². The van der Waals surface area contributed by atoms with Crippen LogP contribution in [-0.4, -0.2) is 7.05 Å². The zero-order chi connectivity index (χ0) is 18.9. The first-order chi connectivity index (χ1) is 12.6. The van der Waals surface area contributed by atoms with Crippen LogP contribution in [0.25, 0.3) is 5.70 Å². The molecule has 0 fully saturated rings. The van der Waals surface area contributed by atoms with Crippen molar-refractivity contribution in [2.24, 2.45) is 0 Å². The molecule has 26 heavy (non-hydrogen) atoms. The van der Waals surface area contributed by atoms with Crippen LogP contribution >= 0.6 is 0 Å². The molecule has 2 rings (SSSR count). The molecule has 2 aromatic rings. The van der Waals surface area contributed by atoms with Gasteiger partial charge < -0.3 is 5.32 Å². The lowest BCUT2D eigenvalue weighted by molar-refractivity contribution is 0.598. The summed E-state index contributed by atoms with van der Waals surface area (Å²) in [5, 5.41) is 11.8. The van der Waals surface area contributed by atoms with E-state index in [9.17, 15) is 8.78 Å². The molecule has 4 heteroatoms. The van der Waals surface area contributed by atoms with E-state index in [0.717, 1.165) is 29.7 Å². The second-order valence-corrected chi connectivity index (χ2v) is 6.04. The number of nitrogens with zero attached hydrogens (tertiary/aromatic N) is 1. The number of halogens is 2. The molecule has 2 nitrogen and oxygen atoms in total. The minimum atomic E-state index is -0.342. The van der Waals surface area contributed by atoms with E-state index >= 15 is 0 Å². The Morgan fingerprint density at radius 1 is 1.15 bits per heavy atom. The Kier molecular flexibility index (Phi) is 7.11. The molecule has 0 radical (unpaired) electrons. The molecule has 0 unspecified atom stereocenters. The quantitative estimate of drug-likeness (QED) is 0.527. The van der Waals surface area contributed by atoms with Crippen LogP contribution in [0.5, 0.6) is 0 Å². The molecule has 0 aliphatic rings. The fraction of sp³-hybridized carbons (Fsp3) is 0.227. The van der Waals surface area contributed by atoms with Gasteiger partial charge in [-0.25, -0.2) is 8.78 Å². The Labute approximate surface area is 153 Å². The molecule has 0 saturated carbocycles. The molecule has 1 N–H and O–H groups in total. The molecule has 0 aliphatic heterocycles. The molecule has 0 amide bonds. The van der Waals surface area contributed by atoms with Gasteiger partial charge in [-0.05, 0) is 73.2 Å². The lowest BCUT2D eigenvalue weighted by Gasteiger charge is -2.10. The fourth-order valence-electron chi connectivity index (χ4n) is 2.86. The number of rotatable bonds is 8. The van der Waals surface area contributed by atoms with Gasteiger partial charge in [-0.15, -0.1) is 0 Å². The van der Waals surface area contributed by atoms with E-state index in [-0.39, 0.29) is 11.6 Å². The summed E-state index contributed by atoms with van der Waals surface area (Å²) < 4.78 is 27.8. The molecule has 0 aliphatic carbocycles. The van der Waals surface area contributed by atoms with Crippen molar-refractivity contribution in [3.8, 4) is 6.07 Å². The average Bonchev–Trinajstić information content (AvgIpc) is 2.63. The van der Waals surface area contributed by atoms with E-state index in [2.05, 4.69) is 11.9 Å². The van der Waals surface area contributed by atoms with Crippen molar-refractivity contribution in [3.05, 3.63) is 89.0 Å². The predicted molar refractivity (Wildman–Crippen MR) is 101 cm³/mol. The van der Waals surface area contributed by atoms with E-state index < -0.39 is 0 Å². The zero-order valence-corrected chi connectivity index (χ0v) is 14.9. The highest BCUT2D eigenvalue weighted by Crippen LogP contribution is 2.19. The minimum Gasteiger partial charge on any atom is -0.388 e. The van der Waals surface area contributed by atoms with Gasteiger partial charge >= 0.3 is 0 Å². The first-order valence-corrected chi connectivity index (χ1v) is 8.56. The number of benzene rings is 2. The number of aryl methyl sites for hydroxylation is 2. The van der Waals surface area contributed by atoms with Gasteiger partial charge in [0.2, 0.25) is 0 Å². The molecule has 0 bridgehead atoms. The monoisotopic (exact) mass is 352 g/mol. The Balaban J connectivity index is 1.98. The van der Waals surface area contributed by atoms with Gasteiger partial charge in [0.25, 0.3) is 0 Å².